The summed E-state index contributed by atoms with van der Waals surface area (Å²) >= 11 is 3.19. The summed E-state index contributed by atoms with van der Waals surface area (Å²) in [5, 5.41) is 5.99. The van der Waals surface area contributed by atoms with Crippen LogP contribution in [0, 0.1) is 0 Å². The lowest BCUT2D eigenvalue weighted by atomic mass is 10.1. The number of alkyl halides is 1. The first-order valence-corrected chi connectivity index (χ1v) is 10.2. The number of alkyl carbamates (subject to hydrolysis) is 1. The van der Waals surface area contributed by atoms with Gasteiger partial charge < -0.3 is 15.4 Å². The van der Waals surface area contributed by atoms with Crippen LogP contribution in [0.15, 0.2) is 30.3 Å². The largest absolute Gasteiger partial charge is 0.444 e. The van der Waals surface area contributed by atoms with Gasteiger partial charge in [-0.3, -0.25) is 9.59 Å². The van der Waals surface area contributed by atoms with E-state index in [-0.39, 0.29) is 23.4 Å². The standard InChI is InChI=1S/C20H29BrN2O4/c1-20(2,3)27-19(26)22-12-8-7-11-16(17(24)13-21)23-14-18(25)15-9-5-4-6-10-15/h4-6,9-10,16,23H,7-8,11-14H2,1-3H3,(H,22,26)/t16-/m1/s1. The summed E-state index contributed by atoms with van der Waals surface area (Å²) < 4.78 is 5.17. The molecule has 0 saturated carbocycles. The lowest BCUT2D eigenvalue weighted by Crippen LogP contribution is -2.40. The van der Waals surface area contributed by atoms with E-state index >= 15 is 0 Å². The summed E-state index contributed by atoms with van der Waals surface area (Å²) in [6.45, 7) is 6.03. The Kier molecular flexibility index (Phi) is 10.3. The van der Waals surface area contributed by atoms with E-state index in [0.29, 0.717) is 18.5 Å². The summed E-state index contributed by atoms with van der Waals surface area (Å²) in [5.41, 5.74) is 0.101. The number of halogens is 1. The average Bonchev–Trinajstić information content (AvgIpc) is 2.62. The Morgan fingerprint density at radius 3 is 2.37 bits per heavy atom. The third-order valence-corrected chi connectivity index (χ3v) is 4.27. The number of ether oxygens (including phenoxy) is 1. The number of hydrogen-bond acceptors (Lipinski definition) is 5. The Hall–Kier alpha value is -1.73. The van der Waals surface area contributed by atoms with Gasteiger partial charge in [0.15, 0.2) is 11.6 Å². The summed E-state index contributed by atoms with van der Waals surface area (Å²) in [6, 6.07) is 8.60. The van der Waals surface area contributed by atoms with Crippen molar-refractivity contribution >= 4 is 33.6 Å². The topological polar surface area (TPSA) is 84.5 Å². The van der Waals surface area contributed by atoms with Crippen LogP contribution in [0.5, 0.6) is 0 Å². The summed E-state index contributed by atoms with van der Waals surface area (Å²) in [4.78, 5) is 35.8. The number of unbranched alkanes of at least 4 members (excludes halogenated alkanes) is 1. The van der Waals surface area contributed by atoms with E-state index < -0.39 is 17.7 Å². The molecule has 0 saturated heterocycles. The predicted octanol–water partition coefficient (Wildman–Crippen LogP) is 3.49. The highest BCUT2D eigenvalue weighted by molar-refractivity contribution is 9.09. The maximum Gasteiger partial charge on any atom is 0.407 e. The number of Topliss-reactive ketones (excluding diaryl/α,β-unsaturated/α-hetero) is 2. The number of ketones is 2. The molecular weight excluding hydrogens is 412 g/mol. The van der Waals surface area contributed by atoms with Gasteiger partial charge in [-0.05, 0) is 40.0 Å². The molecule has 0 fully saturated rings. The molecule has 0 spiro atoms. The van der Waals surface area contributed by atoms with Crippen molar-refractivity contribution in [2.45, 2.75) is 51.7 Å². The molecule has 2 N–H and O–H groups in total. The molecule has 0 aliphatic heterocycles. The van der Waals surface area contributed by atoms with Gasteiger partial charge >= 0.3 is 6.09 Å². The van der Waals surface area contributed by atoms with Gasteiger partial charge in [-0.15, -0.1) is 0 Å². The van der Waals surface area contributed by atoms with Gasteiger partial charge in [0.05, 0.1) is 17.9 Å². The Morgan fingerprint density at radius 2 is 1.78 bits per heavy atom. The zero-order valence-corrected chi connectivity index (χ0v) is 17.8. The second-order valence-corrected chi connectivity index (χ2v) is 7.81. The van der Waals surface area contributed by atoms with Crippen molar-refractivity contribution in [2.24, 2.45) is 0 Å². The highest BCUT2D eigenvalue weighted by Gasteiger charge is 2.18. The first kappa shape index (κ1) is 23.3. The van der Waals surface area contributed by atoms with E-state index in [0.717, 1.165) is 12.8 Å². The Balaban J connectivity index is 2.35. The van der Waals surface area contributed by atoms with E-state index in [1.807, 2.05) is 39.0 Å². The smallest absolute Gasteiger partial charge is 0.407 e. The predicted molar refractivity (Wildman–Crippen MR) is 109 cm³/mol. The second kappa shape index (κ2) is 11.9. The highest BCUT2D eigenvalue weighted by atomic mass is 79.9. The van der Waals surface area contributed by atoms with Crippen LogP contribution >= 0.6 is 15.9 Å². The minimum atomic E-state index is -0.521. The van der Waals surface area contributed by atoms with Crippen molar-refractivity contribution in [3.05, 3.63) is 35.9 Å². The monoisotopic (exact) mass is 440 g/mol. The molecule has 0 aliphatic rings. The van der Waals surface area contributed by atoms with E-state index in [1.54, 1.807) is 12.1 Å². The van der Waals surface area contributed by atoms with Crippen LogP contribution in [-0.2, 0) is 9.53 Å². The molecule has 1 atom stereocenters. The van der Waals surface area contributed by atoms with Crippen molar-refractivity contribution < 1.29 is 19.1 Å². The first-order chi connectivity index (χ1) is 12.7. The number of carbonyl (C=O) groups excluding carboxylic acids is 3. The molecule has 1 aromatic carbocycles. The summed E-state index contributed by atoms with van der Waals surface area (Å²) in [6.07, 6.45) is 1.62. The second-order valence-electron chi connectivity index (χ2n) is 7.25. The highest BCUT2D eigenvalue weighted by Crippen LogP contribution is 2.08. The Bertz CT molecular complexity index is 614. The first-order valence-electron chi connectivity index (χ1n) is 9.10. The fraction of sp³-hybridized carbons (Fsp3) is 0.550. The quantitative estimate of drug-likeness (QED) is 0.312. The van der Waals surface area contributed by atoms with E-state index in [9.17, 15) is 14.4 Å². The fourth-order valence-corrected chi connectivity index (χ4v) is 2.78. The molecule has 1 amide bonds. The number of carbonyl (C=O) groups is 3. The molecule has 0 aliphatic carbocycles. The van der Waals surface area contributed by atoms with Crippen molar-refractivity contribution in [3.8, 4) is 0 Å². The third kappa shape index (κ3) is 10.2. The molecule has 0 radical (unpaired) electrons. The van der Waals surface area contributed by atoms with Crippen LogP contribution in [-0.4, -0.2) is 47.7 Å². The van der Waals surface area contributed by atoms with Crippen molar-refractivity contribution in [1.29, 1.82) is 0 Å². The lowest BCUT2D eigenvalue weighted by Gasteiger charge is -2.20. The number of benzene rings is 1. The maximum atomic E-state index is 12.2. The minimum Gasteiger partial charge on any atom is -0.444 e. The minimum absolute atomic E-state index is 0.0102. The van der Waals surface area contributed by atoms with Crippen LogP contribution in [0.1, 0.15) is 50.4 Å². The molecule has 7 heteroatoms. The van der Waals surface area contributed by atoms with Gasteiger partial charge in [0, 0.05) is 12.1 Å². The Morgan fingerprint density at radius 1 is 1.11 bits per heavy atom. The van der Waals surface area contributed by atoms with Crippen LogP contribution < -0.4 is 10.6 Å². The van der Waals surface area contributed by atoms with E-state index in [2.05, 4.69) is 26.6 Å². The number of amides is 1. The third-order valence-electron chi connectivity index (χ3n) is 3.71. The molecule has 1 aromatic rings. The SMILES string of the molecule is CC(C)(C)OC(=O)NCCCC[C@@H](NCC(=O)c1ccccc1)C(=O)CBr. The molecule has 0 unspecified atom stereocenters. The number of nitrogens with one attached hydrogen (secondary N) is 2. The maximum absolute atomic E-state index is 12.2. The summed E-state index contributed by atoms with van der Waals surface area (Å²) in [5.74, 6) is -0.0365. The molecule has 1 rings (SSSR count). The number of rotatable bonds is 11. The Labute approximate surface area is 169 Å². The van der Waals surface area contributed by atoms with Gasteiger partial charge in [0.2, 0.25) is 0 Å². The van der Waals surface area contributed by atoms with Gasteiger partial charge in [-0.2, -0.15) is 0 Å². The van der Waals surface area contributed by atoms with Gasteiger partial charge in [-0.25, -0.2) is 4.79 Å². The normalized spacial score (nSPS) is 12.3. The van der Waals surface area contributed by atoms with Gasteiger partial charge in [0.1, 0.15) is 5.60 Å². The van der Waals surface area contributed by atoms with Crippen LogP contribution in [0.4, 0.5) is 4.79 Å². The molecule has 150 valence electrons. The fourth-order valence-electron chi connectivity index (χ4n) is 2.39. The van der Waals surface area contributed by atoms with Crippen LogP contribution in [0.2, 0.25) is 0 Å². The van der Waals surface area contributed by atoms with Crippen molar-refractivity contribution in [2.75, 3.05) is 18.4 Å². The lowest BCUT2D eigenvalue weighted by molar-refractivity contribution is -0.118. The molecule has 0 heterocycles. The van der Waals surface area contributed by atoms with E-state index in [1.165, 1.54) is 0 Å². The van der Waals surface area contributed by atoms with Crippen molar-refractivity contribution in [1.82, 2.24) is 10.6 Å². The van der Waals surface area contributed by atoms with Gasteiger partial charge in [-0.1, -0.05) is 46.3 Å². The molecule has 0 bridgehead atoms. The average molecular weight is 441 g/mol. The van der Waals surface area contributed by atoms with Crippen molar-refractivity contribution in [3.63, 3.8) is 0 Å². The zero-order chi connectivity index (χ0) is 20.3. The van der Waals surface area contributed by atoms with Crippen LogP contribution in [0.25, 0.3) is 0 Å². The molecular formula is C20H29BrN2O4. The molecule has 6 nitrogen and oxygen atoms in total. The van der Waals surface area contributed by atoms with Crippen LogP contribution in [0.3, 0.4) is 0 Å². The molecule has 27 heavy (non-hydrogen) atoms. The number of hydrogen-bond donors (Lipinski definition) is 2. The summed E-state index contributed by atoms with van der Waals surface area (Å²) in [7, 11) is 0. The van der Waals surface area contributed by atoms with E-state index in [4.69, 9.17) is 4.74 Å². The zero-order valence-electron chi connectivity index (χ0n) is 16.2. The molecule has 0 aromatic heterocycles. The van der Waals surface area contributed by atoms with Gasteiger partial charge in [0.25, 0.3) is 0 Å².